The van der Waals surface area contributed by atoms with Crippen molar-refractivity contribution in [1.82, 2.24) is 5.32 Å². The summed E-state index contributed by atoms with van der Waals surface area (Å²) in [5.41, 5.74) is 6.34. The van der Waals surface area contributed by atoms with Gasteiger partial charge in [-0.25, -0.2) is 0 Å². The van der Waals surface area contributed by atoms with Crippen LogP contribution in [0.3, 0.4) is 0 Å². The molecule has 0 bridgehead atoms. The van der Waals surface area contributed by atoms with Crippen molar-refractivity contribution in [2.75, 3.05) is 6.54 Å². The van der Waals surface area contributed by atoms with Crippen molar-refractivity contribution in [3.05, 3.63) is 0 Å². The summed E-state index contributed by atoms with van der Waals surface area (Å²) in [5, 5.41) is 3.43. The second kappa shape index (κ2) is 4.24. The Morgan fingerprint density at radius 1 is 1.25 bits per heavy atom. The quantitative estimate of drug-likeness (QED) is 0.676. The van der Waals surface area contributed by atoms with Crippen LogP contribution in [-0.2, 0) is 0 Å². The van der Waals surface area contributed by atoms with Crippen molar-refractivity contribution in [2.24, 2.45) is 5.73 Å². The van der Waals surface area contributed by atoms with E-state index in [-0.39, 0.29) is 5.54 Å². The highest BCUT2D eigenvalue weighted by Crippen LogP contribution is 2.25. The van der Waals surface area contributed by atoms with Gasteiger partial charge in [0.1, 0.15) is 0 Å². The SMILES string of the molecule is CC(C)NCC1(N)CCCCC1. The first-order valence-corrected chi connectivity index (χ1v) is 5.15. The molecule has 3 N–H and O–H groups in total. The van der Waals surface area contributed by atoms with E-state index in [0.29, 0.717) is 6.04 Å². The van der Waals surface area contributed by atoms with Crippen LogP contribution < -0.4 is 11.1 Å². The molecule has 0 saturated heterocycles. The highest BCUT2D eigenvalue weighted by atomic mass is 15.0. The van der Waals surface area contributed by atoms with Gasteiger partial charge < -0.3 is 11.1 Å². The van der Waals surface area contributed by atoms with Gasteiger partial charge in [0.2, 0.25) is 0 Å². The first-order chi connectivity index (χ1) is 5.62. The number of nitrogens with two attached hydrogens (primary N) is 1. The third kappa shape index (κ3) is 3.11. The Kier molecular flexibility index (Phi) is 3.53. The Morgan fingerprint density at radius 2 is 1.83 bits per heavy atom. The lowest BCUT2D eigenvalue weighted by Crippen LogP contribution is -2.51. The molecule has 72 valence electrons. The minimum Gasteiger partial charge on any atom is -0.324 e. The summed E-state index contributed by atoms with van der Waals surface area (Å²) < 4.78 is 0. The van der Waals surface area contributed by atoms with Crippen LogP contribution in [0.2, 0.25) is 0 Å². The molecule has 0 aromatic rings. The average Bonchev–Trinajstić information content (AvgIpc) is 2.03. The van der Waals surface area contributed by atoms with Crippen molar-refractivity contribution >= 4 is 0 Å². The molecule has 1 aliphatic carbocycles. The Bertz CT molecular complexity index is 126. The van der Waals surface area contributed by atoms with Crippen LogP contribution in [0.5, 0.6) is 0 Å². The Morgan fingerprint density at radius 3 is 2.33 bits per heavy atom. The molecule has 2 heteroatoms. The smallest absolute Gasteiger partial charge is 0.0280 e. The number of nitrogens with one attached hydrogen (secondary N) is 1. The van der Waals surface area contributed by atoms with Crippen LogP contribution in [0.1, 0.15) is 46.0 Å². The van der Waals surface area contributed by atoms with Crippen LogP contribution in [0.15, 0.2) is 0 Å². The zero-order valence-corrected chi connectivity index (χ0v) is 8.40. The molecule has 0 aromatic heterocycles. The summed E-state index contributed by atoms with van der Waals surface area (Å²) in [6, 6.07) is 0.562. The van der Waals surface area contributed by atoms with Crippen LogP contribution in [-0.4, -0.2) is 18.1 Å². The van der Waals surface area contributed by atoms with Gasteiger partial charge in [-0.2, -0.15) is 0 Å². The van der Waals surface area contributed by atoms with E-state index in [2.05, 4.69) is 19.2 Å². The van der Waals surface area contributed by atoms with E-state index >= 15 is 0 Å². The maximum atomic E-state index is 6.24. The van der Waals surface area contributed by atoms with E-state index in [9.17, 15) is 0 Å². The molecule has 0 radical (unpaired) electrons. The minimum absolute atomic E-state index is 0.0997. The molecule has 0 aliphatic heterocycles. The molecular weight excluding hydrogens is 148 g/mol. The van der Waals surface area contributed by atoms with Gasteiger partial charge in [-0.1, -0.05) is 33.1 Å². The largest absolute Gasteiger partial charge is 0.324 e. The zero-order valence-electron chi connectivity index (χ0n) is 8.40. The molecule has 1 aliphatic rings. The first-order valence-electron chi connectivity index (χ1n) is 5.15. The summed E-state index contributed by atoms with van der Waals surface area (Å²) in [4.78, 5) is 0. The van der Waals surface area contributed by atoms with E-state index in [1.54, 1.807) is 0 Å². The van der Waals surface area contributed by atoms with Gasteiger partial charge in [0.15, 0.2) is 0 Å². The summed E-state index contributed by atoms with van der Waals surface area (Å²) >= 11 is 0. The van der Waals surface area contributed by atoms with E-state index in [1.807, 2.05) is 0 Å². The lowest BCUT2D eigenvalue weighted by Gasteiger charge is -2.34. The summed E-state index contributed by atoms with van der Waals surface area (Å²) in [6.45, 7) is 5.34. The second-order valence-corrected chi connectivity index (χ2v) is 4.46. The van der Waals surface area contributed by atoms with Crippen LogP contribution in [0, 0.1) is 0 Å². The maximum Gasteiger partial charge on any atom is 0.0280 e. The lowest BCUT2D eigenvalue weighted by atomic mass is 9.82. The normalized spacial score (nSPS) is 23.0. The van der Waals surface area contributed by atoms with Crippen molar-refractivity contribution in [2.45, 2.75) is 57.5 Å². The van der Waals surface area contributed by atoms with Crippen LogP contribution >= 0.6 is 0 Å². The van der Waals surface area contributed by atoms with Gasteiger partial charge in [-0.15, -0.1) is 0 Å². The van der Waals surface area contributed by atoms with Gasteiger partial charge in [-0.05, 0) is 12.8 Å². The predicted octanol–water partition coefficient (Wildman–Crippen LogP) is 1.65. The molecule has 1 saturated carbocycles. The summed E-state index contributed by atoms with van der Waals surface area (Å²) in [5.74, 6) is 0. The third-order valence-electron chi connectivity index (χ3n) is 2.71. The molecule has 0 amide bonds. The Labute approximate surface area is 75.9 Å². The fourth-order valence-corrected chi connectivity index (χ4v) is 1.84. The van der Waals surface area contributed by atoms with Crippen LogP contribution in [0.25, 0.3) is 0 Å². The van der Waals surface area contributed by atoms with Crippen molar-refractivity contribution < 1.29 is 0 Å². The number of hydrogen-bond acceptors (Lipinski definition) is 2. The molecule has 0 spiro atoms. The number of hydrogen-bond donors (Lipinski definition) is 2. The molecule has 0 aromatic carbocycles. The summed E-state index contributed by atoms with van der Waals surface area (Å²) in [6.07, 6.45) is 6.41. The highest BCUT2D eigenvalue weighted by Gasteiger charge is 2.26. The van der Waals surface area contributed by atoms with Crippen LogP contribution in [0.4, 0.5) is 0 Å². The molecule has 0 unspecified atom stereocenters. The fraction of sp³-hybridized carbons (Fsp3) is 1.00. The average molecular weight is 170 g/mol. The van der Waals surface area contributed by atoms with Gasteiger partial charge in [-0.3, -0.25) is 0 Å². The monoisotopic (exact) mass is 170 g/mol. The Hall–Kier alpha value is -0.0800. The molecule has 1 rings (SSSR count). The van der Waals surface area contributed by atoms with Crippen molar-refractivity contribution in [1.29, 1.82) is 0 Å². The van der Waals surface area contributed by atoms with E-state index < -0.39 is 0 Å². The van der Waals surface area contributed by atoms with Gasteiger partial charge in [0.05, 0.1) is 0 Å². The molecule has 0 heterocycles. The highest BCUT2D eigenvalue weighted by molar-refractivity contribution is 4.89. The standard InChI is InChI=1S/C10H22N2/c1-9(2)12-8-10(11)6-4-3-5-7-10/h9,12H,3-8,11H2,1-2H3. The molecular formula is C10H22N2. The van der Waals surface area contributed by atoms with Crippen molar-refractivity contribution in [3.63, 3.8) is 0 Å². The lowest BCUT2D eigenvalue weighted by molar-refractivity contribution is 0.277. The number of rotatable bonds is 3. The zero-order chi connectivity index (χ0) is 9.03. The van der Waals surface area contributed by atoms with Gasteiger partial charge in [0.25, 0.3) is 0 Å². The topological polar surface area (TPSA) is 38.0 Å². The summed E-state index contributed by atoms with van der Waals surface area (Å²) in [7, 11) is 0. The maximum absolute atomic E-state index is 6.24. The molecule has 12 heavy (non-hydrogen) atoms. The molecule has 2 nitrogen and oxygen atoms in total. The second-order valence-electron chi connectivity index (χ2n) is 4.46. The van der Waals surface area contributed by atoms with E-state index in [4.69, 9.17) is 5.73 Å². The van der Waals surface area contributed by atoms with Crippen molar-refractivity contribution in [3.8, 4) is 0 Å². The third-order valence-corrected chi connectivity index (χ3v) is 2.71. The Balaban J connectivity index is 2.26. The minimum atomic E-state index is 0.0997. The molecule has 1 fully saturated rings. The van der Waals surface area contributed by atoms with E-state index in [0.717, 1.165) is 6.54 Å². The van der Waals surface area contributed by atoms with E-state index in [1.165, 1.54) is 32.1 Å². The van der Waals surface area contributed by atoms with Gasteiger partial charge >= 0.3 is 0 Å². The fourth-order valence-electron chi connectivity index (χ4n) is 1.84. The predicted molar refractivity (Wildman–Crippen MR) is 53.1 cm³/mol. The first kappa shape index (κ1) is 10.0. The molecule has 0 atom stereocenters. The van der Waals surface area contributed by atoms with Gasteiger partial charge in [0, 0.05) is 18.1 Å².